The average molecular weight is 249 g/mol. The molecule has 0 aliphatic carbocycles. The van der Waals surface area contributed by atoms with Gasteiger partial charge < -0.3 is 10.6 Å². The SMILES string of the molecule is Cc1cc(Cl)nc(N[C@@H]2CCNC2)n1.Cl. The first-order valence-electron chi connectivity index (χ1n) is 4.72. The summed E-state index contributed by atoms with van der Waals surface area (Å²) in [6, 6.07) is 2.17. The molecule has 0 amide bonds. The molecule has 6 heteroatoms. The van der Waals surface area contributed by atoms with Crippen LogP contribution in [0.25, 0.3) is 0 Å². The smallest absolute Gasteiger partial charge is 0.224 e. The number of nitrogens with zero attached hydrogens (tertiary/aromatic N) is 2. The van der Waals surface area contributed by atoms with Crippen LogP contribution in [0.3, 0.4) is 0 Å². The molecular weight excluding hydrogens is 235 g/mol. The van der Waals surface area contributed by atoms with Gasteiger partial charge in [-0.1, -0.05) is 11.6 Å². The van der Waals surface area contributed by atoms with Gasteiger partial charge in [0.05, 0.1) is 0 Å². The molecule has 0 aromatic carbocycles. The molecule has 2 rings (SSSR count). The van der Waals surface area contributed by atoms with Gasteiger partial charge in [0.1, 0.15) is 5.15 Å². The minimum absolute atomic E-state index is 0. The zero-order chi connectivity index (χ0) is 9.97. The Morgan fingerprint density at radius 1 is 1.53 bits per heavy atom. The van der Waals surface area contributed by atoms with Crippen molar-refractivity contribution >= 4 is 30.0 Å². The maximum atomic E-state index is 5.83. The Morgan fingerprint density at radius 2 is 2.33 bits per heavy atom. The van der Waals surface area contributed by atoms with E-state index in [1.807, 2.05) is 6.92 Å². The molecule has 1 saturated heterocycles. The van der Waals surface area contributed by atoms with Crippen molar-refractivity contribution in [3.63, 3.8) is 0 Å². The maximum Gasteiger partial charge on any atom is 0.224 e. The van der Waals surface area contributed by atoms with Gasteiger partial charge in [0.25, 0.3) is 0 Å². The van der Waals surface area contributed by atoms with Crippen molar-refractivity contribution in [2.45, 2.75) is 19.4 Å². The fraction of sp³-hybridized carbons (Fsp3) is 0.556. The Balaban J connectivity index is 0.00000112. The van der Waals surface area contributed by atoms with E-state index in [1.165, 1.54) is 0 Å². The first-order chi connectivity index (χ1) is 6.74. The third-order valence-electron chi connectivity index (χ3n) is 2.22. The van der Waals surface area contributed by atoms with Crippen LogP contribution < -0.4 is 10.6 Å². The predicted molar refractivity (Wildman–Crippen MR) is 63.9 cm³/mol. The van der Waals surface area contributed by atoms with Crippen LogP contribution in [0.5, 0.6) is 0 Å². The Hall–Kier alpha value is -0.580. The van der Waals surface area contributed by atoms with E-state index in [0.29, 0.717) is 17.1 Å². The molecule has 15 heavy (non-hydrogen) atoms. The maximum absolute atomic E-state index is 5.83. The summed E-state index contributed by atoms with van der Waals surface area (Å²) in [5.41, 5.74) is 0.887. The lowest BCUT2D eigenvalue weighted by atomic mass is 10.3. The van der Waals surface area contributed by atoms with Crippen LogP contribution >= 0.6 is 24.0 Å². The summed E-state index contributed by atoms with van der Waals surface area (Å²) in [4.78, 5) is 8.38. The summed E-state index contributed by atoms with van der Waals surface area (Å²) in [6.45, 7) is 3.93. The lowest BCUT2D eigenvalue weighted by Crippen LogP contribution is -2.23. The fourth-order valence-corrected chi connectivity index (χ4v) is 1.79. The molecule has 1 aromatic heterocycles. The lowest BCUT2D eigenvalue weighted by Gasteiger charge is -2.11. The number of aryl methyl sites for hydroxylation is 1. The van der Waals surface area contributed by atoms with Crippen molar-refractivity contribution < 1.29 is 0 Å². The third kappa shape index (κ3) is 3.48. The Kier molecular flexibility index (Phi) is 4.57. The van der Waals surface area contributed by atoms with Gasteiger partial charge in [0.15, 0.2) is 0 Å². The minimum Gasteiger partial charge on any atom is -0.350 e. The van der Waals surface area contributed by atoms with Gasteiger partial charge in [-0.3, -0.25) is 0 Å². The van der Waals surface area contributed by atoms with Gasteiger partial charge in [-0.25, -0.2) is 9.97 Å². The summed E-state index contributed by atoms with van der Waals surface area (Å²) in [5.74, 6) is 0.628. The van der Waals surface area contributed by atoms with Gasteiger partial charge in [-0.05, 0) is 26.0 Å². The Morgan fingerprint density at radius 3 is 2.93 bits per heavy atom. The lowest BCUT2D eigenvalue weighted by molar-refractivity contribution is 0.779. The van der Waals surface area contributed by atoms with Gasteiger partial charge in [-0.2, -0.15) is 0 Å². The predicted octanol–water partition coefficient (Wildman–Crippen LogP) is 1.63. The molecular formula is C9H14Cl2N4. The summed E-state index contributed by atoms with van der Waals surface area (Å²) in [5, 5.41) is 7.02. The van der Waals surface area contributed by atoms with Crippen molar-refractivity contribution in [3.8, 4) is 0 Å². The summed E-state index contributed by atoms with van der Waals surface area (Å²) in [6.07, 6.45) is 1.11. The van der Waals surface area contributed by atoms with E-state index in [0.717, 1.165) is 25.2 Å². The van der Waals surface area contributed by atoms with E-state index in [2.05, 4.69) is 20.6 Å². The molecule has 0 radical (unpaired) electrons. The molecule has 0 bridgehead atoms. The van der Waals surface area contributed by atoms with Crippen molar-refractivity contribution in [3.05, 3.63) is 16.9 Å². The van der Waals surface area contributed by atoms with Crippen molar-refractivity contribution in [2.24, 2.45) is 0 Å². The first kappa shape index (κ1) is 12.5. The second-order valence-corrected chi connectivity index (χ2v) is 3.88. The van der Waals surface area contributed by atoms with E-state index in [9.17, 15) is 0 Å². The third-order valence-corrected chi connectivity index (χ3v) is 2.41. The minimum atomic E-state index is 0. The number of rotatable bonds is 2. The average Bonchev–Trinajstić information content (AvgIpc) is 2.54. The number of halogens is 2. The first-order valence-corrected chi connectivity index (χ1v) is 5.10. The molecule has 1 aromatic rings. The zero-order valence-corrected chi connectivity index (χ0v) is 10.0. The summed E-state index contributed by atoms with van der Waals surface area (Å²) < 4.78 is 0. The van der Waals surface area contributed by atoms with Gasteiger partial charge in [-0.15, -0.1) is 12.4 Å². The van der Waals surface area contributed by atoms with E-state index >= 15 is 0 Å². The second-order valence-electron chi connectivity index (χ2n) is 3.49. The van der Waals surface area contributed by atoms with Crippen LogP contribution in [0, 0.1) is 6.92 Å². The van der Waals surface area contributed by atoms with E-state index in [1.54, 1.807) is 6.07 Å². The van der Waals surface area contributed by atoms with Gasteiger partial charge >= 0.3 is 0 Å². The highest BCUT2D eigenvalue weighted by molar-refractivity contribution is 6.29. The number of aromatic nitrogens is 2. The fourth-order valence-electron chi connectivity index (χ4n) is 1.56. The normalized spacial score (nSPS) is 19.7. The van der Waals surface area contributed by atoms with Crippen LogP contribution in [-0.2, 0) is 0 Å². The van der Waals surface area contributed by atoms with Gasteiger partial charge in [0.2, 0.25) is 5.95 Å². The van der Waals surface area contributed by atoms with Crippen molar-refractivity contribution in [1.29, 1.82) is 0 Å². The molecule has 2 heterocycles. The van der Waals surface area contributed by atoms with Crippen LogP contribution in [0.2, 0.25) is 5.15 Å². The molecule has 0 saturated carbocycles. The number of hydrogen-bond donors (Lipinski definition) is 2. The molecule has 84 valence electrons. The molecule has 0 unspecified atom stereocenters. The van der Waals surface area contributed by atoms with Crippen LogP contribution in [0.15, 0.2) is 6.07 Å². The second kappa shape index (κ2) is 5.49. The van der Waals surface area contributed by atoms with E-state index in [-0.39, 0.29) is 12.4 Å². The van der Waals surface area contributed by atoms with Crippen molar-refractivity contribution in [2.75, 3.05) is 18.4 Å². The molecule has 2 N–H and O–H groups in total. The highest BCUT2D eigenvalue weighted by Crippen LogP contribution is 2.11. The molecule has 1 fully saturated rings. The molecule has 0 spiro atoms. The van der Waals surface area contributed by atoms with Crippen molar-refractivity contribution in [1.82, 2.24) is 15.3 Å². The van der Waals surface area contributed by atoms with Gasteiger partial charge in [0, 0.05) is 18.3 Å². The Labute approximate surface area is 100 Å². The zero-order valence-electron chi connectivity index (χ0n) is 8.46. The van der Waals surface area contributed by atoms with E-state index < -0.39 is 0 Å². The summed E-state index contributed by atoms with van der Waals surface area (Å²) in [7, 11) is 0. The number of nitrogens with one attached hydrogen (secondary N) is 2. The van der Waals surface area contributed by atoms with Crippen LogP contribution in [-0.4, -0.2) is 29.1 Å². The summed E-state index contributed by atoms with van der Waals surface area (Å²) >= 11 is 5.83. The van der Waals surface area contributed by atoms with E-state index in [4.69, 9.17) is 11.6 Å². The standard InChI is InChI=1S/C9H13ClN4.ClH/c1-6-4-8(10)14-9(12-6)13-7-2-3-11-5-7;/h4,7,11H,2-3,5H2,1H3,(H,12,13,14);1H/t7-;/m1./s1. The quantitative estimate of drug-likeness (QED) is 0.782. The molecule has 4 nitrogen and oxygen atoms in total. The highest BCUT2D eigenvalue weighted by Gasteiger charge is 2.15. The van der Waals surface area contributed by atoms with Crippen LogP contribution in [0.1, 0.15) is 12.1 Å². The molecule has 1 aliphatic rings. The Bertz CT molecular complexity index is 306. The largest absolute Gasteiger partial charge is 0.350 e. The monoisotopic (exact) mass is 248 g/mol. The highest BCUT2D eigenvalue weighted by atomic mass is 35.5. The molecule has 1 aliphatic heterocycles. The number of anilines is 1. The number of hydrogen-bond acceptors (Lipinski definition) is 4. The topological polar surface area (TPSA) is 49.8 Å². The molecule has 1 atom stereocenters. The van der Waals surface area contributed by atoms with Crippen LogP contribution in [0.4, 0.5) is 5.95 Å².